The van der Waals surface area contributed by atoms with Crippen LogP contribution in [0.5, 0.6) is 0 Å². The largest absolute Gasteiger partial charge is 0.337 e. The van der Waals surface area contributed by atoms with Gasteiger partial charge in [0.1, 0.15) is 11.4 Å². The van der Waals surface area contributed by atoms with Crippen molar-refractivity contribution in [1.82, 2.24) is 4.90 Å². The summed E-state index contributed by atoms with van der Waals surface area (Å²) in [4.78, 5) is 22.7. The zero-order valence-corrected chi connectivity index (χ0v) is 7.86. The number of nitro benzene ring substituents is 1. The fourth-order valence-corrected chi connectivity index (χ4v) is 1.66. The Morgan fingerprint density at radius 2 is 2.20 bits per heavy atom. The van der Waals surface area contributed by atoms with Crippen LogP contribution in [0.1, 0.15) is 15.9 Å². The molecule has 1 aromatic carbocycles. The second-order valence-corrected chi connectivity index (χ2v) is 3.34. The first-order valence-electron chi connectivity index (χ1n) is 4.23. The van der Waals surface area contributed by atoms with Gasteiger partial charge in [0.2, 0.25) is 0 Å². The predicted octanol–water partition coefficient (Wildman–Crippen LogP) is 1.32. The van der Waals surface area contributed by atoms with Crippen LogP contribution < -0.4 is 0 Å². The molecule has 0 atom stereocenters. The van der Waals surface area contributed by atoms with Gasteiger partial charge in [0.05, 0.1) is 4.92 Å². The molecule has 1 aliphatic rings. The van der Waals surface area contributed by atoms with E-state index < -0.39 is 16.6 Å². The van der Waals surface area contributed by atoms with Crippen molar-refractivity contribution in [2.24, 2.45) is 0 Å². The minimum absolute atomic E-state index is 0.0850. The molecule has 0 unspecified atom stereocenters. The van der Waals surface area contributed by atoms with Crippen LogP contribution >= 0.6 is 0 Å². The van der Waals surface area contributed by atoms with E-state index in [4.69, 9.17) is 0 Å². The number of benzene rings is 1. The SMILES string of the molecule is CN1Cc2c(F)ccc([N+](=O)[O-])c2C1=O. The molecule has 0 aromatic heterocycles. The van der Waals surface area contributed by atoms with E-state index >= 15 is 0 Å². The quantitative estimate of drug-likeness (QED) is 0.518. The topological polar surface area (TPSA) is 63.4 Å². The van der Waals surface area contributed by atoms with E-state index in [9.17, 15) is 19.3 Å². The molecule has 0 saturated heterocycles. The number of carbonyl (C=O) groups is 1. The Bertz CT molecular complexity index is 473. The summed E-state index contributed by atoms with van der Waals surface area (Å²) >= 11 is 0. The molecule has 6 heteroatoms. The second-order valence-electron chi connectivity index (χ2n) is 3.34. The van der Waals surface area contributed by atoms with Gasteiger partial charge < -0.3 is 4.90 Å². The Hall–Kier alpha value is -1.98. The lowest BCUT2D eigenvalue weighted by molar-refractivity contribution is -0.385. The molecular formula is C9H7FN2O3. The van der Waals surface area contributed by atoms with Gasteiger partial charge in [-0.15, -0.1) is 0 Å². The number of carbonyl (C=O) groups excluding carboxylic acids is 1. The molecule has 0 aliphatic carbocycles. The van der Waals surface area contributed by atoms with Gasteiger partial charge in [-0.05, 0) is 6.07 Å². The second kappa shape index (κ2) is 3.01. The number of nitro groups is 1. The van der Waals surface area contributed by atoms with Gasteiger partial charge in [-0.25, -0.2) is 4.39 Å². The zero-order valence-electron chi connectivity index (χ0n) is 7.86. The summed E-state index contributed by atoms with van der Waals surface area (Å²) in [6.45, 7) is 0.0850. The van der Waals surface area contributed by atoms with Crippen LogP contribution in [0.25, 0.3) is 0 Å². The van der Waals surface area contributed by atoms with E-state index in [-0.39, 0.29) is 23.4 Å². The summed E-state index contributed by atoms with van der Waals surface area (Å²) in [5, 5.41) is 10.6. The van der Waals surface area contributed by atoms with Crippen LogP contribution in [0.15, 0.2) is 12.1 Å². The van der Waals surface area contributed by atoms with Crippen LogP contribution in [-0.2, 0) is 6.54 Å². The number of amides is 1. The maximum absolute atomic E-state index is 13.3. The molecule has 0 fully saturated rings. The van der Waals surface area contributed by atoms with Crippen molar-refractivity contribution in [2.75, 3.05) is 7.05 Å². The summed E-state index contributed by atoms with van der Waals surface area (Å²) in [5.74, 6) is -1.08. The summed E-state index contributed by atoms with van der Waals surface area (Å²) in [5.41, 5.74) is -0.347. The third kappa shape index (κ3) is 1.25. The molecule has 1 aromatic rings. The molecule has 1 amide bonds. The van der Waals surface area contributed by atoms with Crippen molar-refractivity contribution in [3.8, 4) is 0 Å². The van der Waals surface area contributed by atoms with Crippen LogP contribution in [0.4, 0.5) is 10.1 Å². The van der Waals surface area contributed by atoms with E-state index in [1.807, 2.05) is 0 Å². The number of halogens is 1. The van der Waals surface area contributed by atoms with Crippen molar-refractivity contribution in [3.05, 3.63) is 39.2 Å². The molecule has 0 N–H and O–H groups in total. The van der Waals surface area contributed by atoms with Crippen molar-refractivity contribution >= 4 is 11.6 Å². The molecule has 78 valence electrons. The third-order valence-electron chi connectivity index (χ3n) is 2.39. The van der Waals surface area contributed by atoms with Gasteiger partial charge >= 0.3 is 0 Å². The van der Waals surface area contributed by atoms with Gasteiger partial charge in [0.15, 0.2) is 0 Å². The lowest BCUT2D eigenvalue weighted by atomic mass is 10.1. The lowest BCUT2D eigenvalue weighted by Crippen LogP contribution is -2.18. The highest BCUT2D eigenvalue weighted by atomic mass is 19.1. The van der Waals surface area contributed by atoms with E-state index in [0.717, 1.165) is 12.1 Å². The number of hydrogen-bond acceptors (Lipinski definition) is 3. The predicted molar refractivity (Wildman–Crippen MR) is 48.9 cm³/mol. The summed E-state index contributed by atoms with van der Waals surface area (Å²) in [7, 11) is 1.48. The van der Waals surface area contributed by atoms with Crippen molar-refractivity contribution < 1.29 is 14.1 Å². The highest BCUT2D eigenvalue weighted by Crippen LogP contribution is 2.31. The molecule has 0 saturated carbocycles. The first-order chi connectivity index (χ1) is 7.02. The highest BCUT2D eigenvalue weighted by molar-refractivity contribution is 6.02. The van der Waals surface area contributed by atoms with Gasteiger partial charge in [0, 0.05) is 25.2 Å². The van der Waals surface area contributed by atoms with Gasteiger partial charge in [-0.3, -0.25) is 14.9 Å². The van der Waals surface area contributed by atoms with Crippen LogP contribution in [-0.4, -0.2) is 22.8 Å². The van der Waals surface area contributed by atoms with Crippen LogP contribution in [0.3, 0.4) is 0 Å². The molecule has 0 bridgehead atoms. The van der Waals surface area contributed by atoms with Crippen LogP contribution in [0.2, 0.25) is 0 Å². The molecule has 5 nitrogen and oxygen atoms in total. The molecule has 1 heterocycles. The Labute approximate surface area is 84.3 Å². The summed E-state index contributed by atoms with van der Waals surface area (Å²) in [6.07, 6.45) is 0. The summed E-state index contributed by atoms with van der Waals surface area (Å²) in [6, 6.07) is 2.04. The smallest absolute Gasteiger partial charge is 0.282 e. The van der Waals surface area contributed by atoms with Crippen LogP contribution in [0, 0.1) is 15.9 Å². The molecule has 1 aliphatic heterocycles. The maximum Gasteiger partial charge on any atom is 0.282 e. The third-order valence-corrected chi connectivity index (χ3v) is 2.39. The Kier molecular flexibility index (Phi) is 1.92. The average molecular weight is 210 g/mol. The minimum atomic E-state index is -0.671. The van der Waals surface area contributed by atoms with E-state index in [0.29, 0.717) is 0 Å². The Morgan fingerprint density at radius 3 is 2.80 bits per heavy atom. The summed E-state index contributed by atoms with van der Waals surface area (Å²) < 4.78 is 13.3. The maximum atomic E-state index is 13.3. The fraction of sp³-hybridized carbons (Fsp3) is 0.222. The average Bonchev–Trinajstić information content (AvgIpc) is 2.46. The van der Waals surface area contributed by atoms with Crippen molar-refractivity contribution in [2.45, 2.75) is 6.54 Å². The first kappa shape index (κ1) is 9.57. The van der Waals surface area contributed by atoms with Gasteiger partial charge in [0.25, 0.3) is 11.6 Å². The number of rotatable bonds is 1. The van der Waals surface area contributed by atoms with Gasteiger partial charge in [-0.2, -0.15) is 0 Å². The zero-order chi connectivity index (χ0) is 11.2. The Morgan fingerprint density at radius 1 is 1.53 bits per heavy atom. The standard InChI is InChI=1S/C9H7FN2O3/c1-11-4-5-6(10)2-3-7(12(14)15)8(5)9(11)13/h2-3H,4H2,1H3. The normalized spacial score (nSPS) is 14.3. The fourth-order valence-electron chi connectivity index (χ4n) is 1.66. The first-order valence-corrected chi connectivity index (χ1v) is 4.23. The minimum Gasteiger partial charge on any atom is -0.337 e. The van der Waals surface area contributed by atoms with E-state index in [2.05, 4.69) is 0 Å². The molecular weight excluding hydrogens is 203 g/mol. The van der Waals surface area contributed by atoms with Crippen molar-refractivity contribution in [1.29, 1.82) is 0 Å². The highest BCUT2D eigenvalue weighted by Gasteiger charge is 2.34. The number of hydrogen-bond donors (Lipinski definition) is 0. The lowest BCUT2D eigenvalue weighted by Gasteiger charge is -2.04. The van der Waals surface area contributed by atoms with Gasteiger partial charge in [-0.1, -0.05) is 0 Å². The van der Waals surface area contributed by atoms with Crippen molar-refractivity contribution in [3.63, 3.8) is 0 Å². The number of fused-ring (bicyclic) bond motifs is 1. The van der Waals surface area contributed by atoms with E-state index in [1.54, 1.807) is 0 Å². The molecule has 0 radical (unpaired) electrons. The monoisotopic (exact) mass is 210 g/mol. The van der Waals surface area contributed by atoms with E-state index in [1.165, 1.54) is 11.9 Å². The molecule has 15 heavy (non-hydrogen) atoms. The molecule has 2 rings (SSSR count). The Balaban J connectivity index is 2.71. The number of nitrogens with zero attached hydrogens (tertiary/aromatic N) is 2. The molecule has 0 spiro atoms.